The summed E-state index contributed by atoms with van der Waals surface area (Å²) in [5, 5.41) is 2.02. The fraction of sp³-hybridized carbons (Fsp3) is 0.188. The molecular formula is C16H16N2O. The first kappa shape index (κ1) is 11.8. The lowest BCUT2D eigenvalue weighted by atomic mass is 10.1. The minimum absolute atomic E-state index is 0.153. The maximum absolute atomic E-state index is 12.1. The van der Waals surface area contributed by atoms with Crippen molar-refractivity contribution in [3.8, 4) is 0 Å². The normalized spacial score (nSPS) is 19.1. The summed E-state index contributed by atoms with van der Waals surface area (Å²) in [6.07, 6.45) is 2.40. The molecule has 3 rings (SSSR count). The fourth-order valence-corrected chi connectivity index (χ4v) is 2.68. The van der Waals surface area contributed by atoms with E-state index in [2.05, 4.69) is 6.58 Å². The van der Waals surface area contributed by atoms with Gasteiger partial charge in [-0.2, -0.15) is 0 Å². The van der Waals surface area contributed by atoms with Gasteiger partial charge in [0.15, 0.2) is 0 Å². The zero-order valence-corrected chi connectivity index (χ0v) is 10.7. The van der Waals surface area contributed by atoms with Gasteiger partial charge in [-0.05, 0) is 12.1 Å². The quantitative estimate of drug-likeness (QED) is 0.659. The molecule has 1 amide bonds. The average Bonchev–Trinajstić information content (AvgIpc) is 2.80. The fourth-order valence-electron chi connectivity index (χ4n) is 2.68. The number of hydrogen-bond acceptors (Lipinski definition) is 2. The molecule has 1 heterocycles. The molecule has 0 saturated carbocycles. The van der Waals surface area contributed by atoms with Crippen molar-refractivity contribution < 1.29 is 4.79 Å². The molecular weight excluding hydrogens is 236 g/mol. The van der Waals surface area contributed by atoms with E-state index in [0.717, 1.165) is 22.1 Å². The Morgan fingerprint density at radius 1 is 1.21 bits per heavy atom. The van der Waals surface area contributed by atoms with Crippen molar-refractivity contribution in [2.75, 3.05) is 17.2 Å². The molecule has 3 nitrogen and oxygen atoms in total. The Balaban J connectivity index is 2.13. The minimum atomic E-state index is 0.153. The Hall–Kier alpha value is -2.29. The lowest BCUT2D eigenvalue weighted by Gasteiger charge is -2.19. The number of nitrogen functional groups attached to an aromatic ring is 1. The highest BCUT2D eigenvalue weighted by atomic mass is 16.2. The van der Waals surface area contributed by atoms with Gasteiger partial charge >= 0.3 is 0 Å². The molecule has 0 aliphatic carbocycles. The van der Waals surface area contributed by atoms with Crippen LogP contribution in [-0.2, 0) is 4.79 Å². The minimum Gasteiger partial charge on any atom is -0.398 e. The van der Waals surface area contributed by atoms with Gasteiger partial charge in [0.2, 0.25) is 5.91 Å². The topological polar surface area (TPSA) is 46.3 Å². The highest BCUT2D eigenvalue weighted by molar-refractivity contribution is 6.07. The van der Waals surface area contributed by atoms with E-state index in [1.165, 1.54) is 0 Å². The molecule has 1 fully saturated rings. The summed E-state index contributed by atoms with van der Waals surface area (Å²) in [6, 6.07) is 11.7. The molecule has 0 bridgehead atoms. The van der Waals surface area contributed by atoms with E-state index in [9.17, 15) is 4.79 Å². The summed E-state index contributed by atoms with van der Waals surface area (Å²) in [6.45, 7) is 4.49. The largest absolute Gasteiger partial charge is 0.398 e. The van der Waals surface area contributed by atoms with Crippen molar-refractivity contribution in [1.29, 1.82) is 0 Å². The third kappa shape index (κ3) is 1.87. The van der Waals surface area contributed by atoms with E-state index in [1.54, 1.807) is 0 Å². The predicted octanol–water partition coefficient (Wildman–Crippen LogP) is 2.96. The molecule has 0 spiro atoms. The van der Waals surface area contributed by atoms with Crippen LogP contribution in [0.4, 0.5) is 11.4 Å². The van der Waals surface area contributed by atoms with Gasteiger partial charge in [0.25, 0.3) is 0 Å². The molecule has 0 radical (unpaired) electrons. The molecule has 1 atom stereocenters. The number of anilines is 2. The Morgan fingerprint density at radius 2 is 1.95 bits per heavy atom. The van der Waals surface area contributed by atoms with Crippen LogP contribution in [0.2, 0.25) is 0 Å². The molecule has 3 heteroatoms. The molecule has 2 aromatic rings. The van der Waals surface area contributed by atoms with Crippen LogP contribution in [0.5, 0.6) is 0 Å². The van der Waals surface area contributed by atoms with Gasteiger partial charge in [-0.3, -0.25) is 4.79 Å². The average molecular weight is 252 g/mol. The number of nitrogens with two attached hydrogens (primary N) is 1. The predicted molar refractivity (Wildman–Crippen MR) is 79.0 cm³/mol. The highest BCUT2D eigenvalue weighted by Crippen LogP contribution is 2.33. The molecule has 1 aliphatic rings. The molecule has 0 aromatic heterocycles. The maximum atomic E-state index is 12.1. The second kappa shape index (κ2) is 4.43. The second-order valence-corrected chi connectivity index (χ2v) is 4.92. The zero-order valence-electron chi connectivity index (χ0n) is 10.7. The third-order valence-electron chi connectivity index (χ3n) is 3.71. The second-order valence-electron chi connectivity index (χ2n) is 4.92. The van der Waals surface area contributed by atoms with Crippen molar-refractivity contribution in [1.82, 2.24) is 0 Å². The molecule has 1 unspecified atom stereocenters. The van der Waals surface area contributed by atoms with E-state index in [-0.39, 0.29) is 11.8 Å². The van der Waals surface area contributed by atoms with Crippen LogP contribution in [0.3, 0.4) is 0 Å². The number of nitrogens with zero attached hydrogens (tertiary/aromatic N) is 1. The van der Waals surface area contributed by atoms with Crippen LogP contribution in [-0.4, -0.2) is 12.5 Å². The number of fused-ring (bicyclic) bond motifs is 1. The van der Waals surface area contributed by atoms with Gasteiger partial charge in [0, 0.05) is 35.3 Å². The van der Waals surface area contributed by atoms with Crippen molar-refractivity contribution in [3.63, 3.8) is 0 Å². The van der Waals surface area contributed by atoms with Gasteiger partial charge in [-0.1, -0.05) is 30.3 Å². The molecule has 1 aliphatic heterocycles. The standard InChI is InChI=1S/C16H16N2O/c1-2-11-9-16(19)18(10-11)15-8-4-5-12-13(15)6-3-7-14(12)17/h2-8,11H,1,9-10,17H2. The summed E-state index contributed by atoms with van der Waals surface area (Å²) in [4.78, 5) is 14.0. The summed E-state index contributed by atoms with van der Waals surface area (Å²) < 4.78 is 0. The van der Waals surface area contributed by atoms with Crippen LogP contribution in [0.1, 0.15) is 6.42 Å². The number of amides is 1. The SMILES string of the molecule is C=CC1CC(=O)N(c2cccc3c(N)cccc23)C1. The molecule has 1 saturated heterocycles. The zero-order chi connectivity index (χ0) is 13.4. The monoisotopic (exact) mass is 252 g/mol. The van der Waals surface area contributed by atoms with Crippen molar-refractivity contribution in [2.45, 2.75) is 6.42 Å². The molecule has 96 valence electrons. The first-order valence-corrected chi connectivity index (χ1v) is 6.41. The van der Waals surface area contributed by atoms with Crippen LogP contribution in [0.15, 0.2) is 49.1 Å². The van der Waals surface area contributed by atoms with E-state index in [4.69, 9.17) is 5.73 Å². The highest BCUT2D eigenvalue weighted by Gasteiger charge is 2.29. The third-order valence-corrected chi connectivity index (χ3v) is 3.71. The smallest absolute Gasteiger partial charge is 0.227 e. The van der Waals surface area contributed by atoms with E-state index >= 15 is 0 Å². The maximum Gasteiger partial charge on any atom is 0.227 e. The van der Waals surface area contributed by atoms with Crippen molar-refractivity contribution >= 4 is 28.1 Å². The number of carbonyl (C=O) groups excluding carboxylic acids is 1. The molecule has 2 N–H and O–H groups in total. The number of rotatable bonds is 2. The van der Waals surface area contributed by atoms with Crippen molar-refractivity contribution in [2.24, 2.45) is 5.92 Å². The number of hydrogen-bond donors (Lipinski definition) is 1. The van der Waals surface area contributed by atoms with Gasteiger partial charge < -0.3 is 10.6 Å². The lowest BCUT2D eigenvalue weighted by Crippen LogP contribution is -2.24. The molecule has 19 heavy (non-hydrogen) atoms. The van der Waals surface area contributed by atoms with Crippen LogP contribution in [0.25, 0.3) is 10.8 Å². The first-order chi connectivity index (χ1) is 9.20. The number of carbonyl (C=O) groups is 1. The van der Waals surface area contributed by atoms with E-state index in [1.807, 2.05) is 47.4 Å². The van der Waals surface area contributed by atoms with Crippen LogP contribution >= 0.6 is 0 Å². The lowest BCUT2D eigenvalue weighted by molar-refractivity contribution is -0.117. The van der Waals surface area contributed by atoms with Gasteiger partial charge in [-0.25, -0.2) is 0 Å². The van der Waals surface area contributed by atoms with Crippen LogP contribution in [0, 0.1) is 5.92 Å². The first-order valence-electron chi connectivity index (χ1n) is 6.41. The Bertz CT molecular complexity index is 663. The Labute approximate surface area is 112 Å². The van der Waals surface area contributed by atoms with Gasteiger partial charge in [0.05, 0.1) is 5.69 Å². The summed E-state index contributed by atoms with van der Waals surface area (Å²) >= 11 is 0. The van der Waals surface area contributed by atoms with Gasteiger partial charge in [-0.15, -0.1) is 6.58 Å². The van der Waals surface area contributed by atoms with E-state index < -0.39 is 0 Å². The summed E-state index contributed by atoms with van der Waals surface area (Å²) in [5.41, 5.74) is 7.68. The Kier molecular flexibility index (Phi) is 2.75. The summed E-state index contributed by atoms with van der Waals surface area (Å²) in [5.74, 6) is 0.392. The molecule has 2 aromatic carbocycles. The Morgan fingerprint density at radius 3 is 2.68 bits per heavy atom. The van der Waals surface area contributed by atoms with Crippen molar-refractivity contribution in [3.05, 3.63) is 49.1 Å². The number of benzene rings is 2. The van der Waals surface area contributed by atoms with Crippen LogP contribution < -0.4 is 10.6 Å². The van der Waals surface area contributed by atoms with Gasteiger partial charge in [0.1, 0.15) is 0 Å². The van der Waals surface area contributed by atoms with E-state index in [0.29, 0.717) is 13.0 Å². The summed E-state index contributed by atoms with van der Waals surface area (Å²) in [7, 11) is 0.